The summed E-state index contributed by atoms with van der Waals surface area (Å²) in [6.07, 6.45) is 3.07. The van der Waals surface area contributed by atoms with Gasteiger partial charge in [0.1, 0.15) is 0 Å². The van der Waals surface area contributed by atoms with Crippen molar-refractivity contribution in [3.8, 4) is 0 Å². The van der Waals surface area contributed by atoms with Crippen LogP contribution in [-0.4, -0.2) is 4.98 Å². The van der Waals surface area contributed by atoms with Crippen LogP contribution in [0.25, 0.3) is 0 Å². The fourth-order valence-corrected chi connectivity index (χ4v) is 1.93. The molecular weight excluding hydrogens is 257 g/mol. The number of benzene rings is 1. The first-order valence-electron chi connectivity index (χ1n) is 5.00. The number of aromatic nitrogens is 1. The number of nitrogens with two attached hydrogens (primary N) is 1. The van der Waals surface area contributed by atoms with Crippen LogP contribution in [0.15, 0.2) is 30.6 Å². The van der Waals surface area contributed by atoms with Gasteiger partial charge in [-0.25, -0.2) is 0 Å². The van der Waals surface area contributed by atoms with Gasteiger partial charge in [-0.05, 0) is 24.6 Å². The summed E-state index contributed by atoms with van der Waals surface area (Å²) in [6.45, 7) is 1.98. The summed E-state index contributed by atoms with van der Waals surface area (Å²) < 4.78 is 0. The third-order valence-corrected chi connectivity index (χ3v) is 2.91. The molecule has 0 aliphatic rings. The Bertz CT molecular complexity index is 535. The Balaban J connectivity index is 2.38. The van der Waals surface area contributed by atoms with E-state index in [1.54, 1.807) is 0 Å². The van der Waals surface area contributed by atoms with Crippen LogP contribution in [-0.2, 0) is 0 Å². The van der Waals surface area contributed by atoms with Crippen LogP contribution >= 0.6 is 23.2 Å². The average Bonchev–Trinajstić information content (AvgIpc) is 2.26. The van der Waals surface area contributed by atoms with Crippen LogP contribution in [0.5, 0.6) is 0 Å². The molecule has 0 bridgehead atoms. The second-order valence-electron chi connectivity index (χ2n) is 3.69. The molecule has 0 unspecified atom stereocenters. The highest BCUT2D eigenvalue weighted by Gasteiger charge is 2.07. The Morgan fingerprint density at radius 3 is 2.59 bits per heavy atom. The lowest BCUT2D eigenvalue weighted by Crippen LogP contribution is -1.98. The number of nitrogen functional groups attached to an aromatic ring is 1. The smallest absolute Gasteiger partial charge is 0.0845 e. The number of aryl methyl sites for hydroxylation is 1. The molecule has 0 saturated carbocycles. The van der Waals surface area contributed by atoms with Gasteiger partial charge in [0.25, 0.3) is 0 Å². The molecule has 0 atom stereocenters. The number of nitrogens with one attached hydrogen (secondary N) is 1. The molecule has 2 aromatic rings. The monoisotopic (exact) mass is 267 g/mol. The first kappa shape index (κ1) is 12.0. The van der Waals surface area contributed by atoms with Gasteiger partial charge in [-0.1, -0.05) is 29.3 Å². The van der Waals surface area contributed by atoms with E-state index in [2.05, 4.69) is 10.3 Å². The first-order valence-corrected chi connectivity index (χ1v) is 5.75. The summed E-state index contributed by atoms with van der Waals surface area (Å²) in [7, 11) is 0. The number of nitrogens with zero attached hydrogens (tertiary/aromatic N) is 1. The van der Waals surface area contributed by atoms with E-state index in [0.717, 1.165) is 11.3 Å². The predicted molar refractivity (Wildman–Crippen MR) is 73.1 cm³/mol. The normalized spacial score (nSPS) is 10.3. The van der Waals surface area contributed by atoms with Gasteiger partial charge in [0.15, 0.2) is 0 Å². The summed E-state index contributed by atoms with van der Waals surface area (Å²) in [5.74, 6) is 0. The van der Waals surface area contributed by atoms with Crippen LogP contribution in [0.4, 0.5) is 17.1 Å². The van der Waals surface area contributed by atoms with E-state index in [4.69, 9.17) is 28.9 Å². The van der Waals surface area contributed by atoms with Crippen molar-refractivity contribution in [3.05, 3.63) is 46.2 Å². The van der Waals surface area contributed by atoms with Crippen molar-refractivity contribution in [2.24, 2.45) is 0 Å². The first-order chi connectivity index (χ1) is 8.08. The Hall–Kier alpha value is -1.45. The Labute approximate surface area is 110 Å². The Morgan fingerprint density at radius 2 is 1.94 bits per heavy atom. The zero-order valence-corrected chi connectivity index (χ0v) is 10.7. The van der Waals surface area contributed by atoms with Gasteiger partial charge < -0.3 is 11.1 Å². The lowest BCUT2D eigenvalue weighted by molar-refractivity contribution is 1.33. The minimum Gasteiger partial charge on any atom is -0.396 e. The quantitative estimate of drug-likeness (QED) is 0.864. The number of rotatable bonds is 2. The maximum absolute atomic E-state index is 6.12. The topological polar surface area (TPSA) is 50.9 Å². The van der Waals surface area contributed by atoms with Gasteiger partial charge in [0, 0.05) is 6.20 Å². The third kappa shape index (κ3) is 2.62. The lowest BCUT2D eigenvalue weighted by Gasteiger charge is -2.12. The van der Waals surface area contributed by atoms with Crippen LogP contribution in [0.3, 0.4) is 0 Å². The van der Waals surface area contributed by atoms with Crippen LogP contribution in [0.2, 0.25) is 10.0 Å². The largest absolute Gasteiger partial charge is 0.396 e. The fourth-order valence-electron chi connectivity index (χ4n) is 1.44. The SMILES string of the molecule is Cc1ccc(Nc2c(N)cncc2Cl)c(Cl)c1. The Morgan fingerprint density at radius 1 is 1.18 bits per heavy atom. The molecule has 88 valence electrons. The summed E-state index contributed by atoms with van der Waals surface area (Å²) >= 11 is 12.1. The van der Waals surface area contributed by atoms with E-state index >= 15 is 0 Å². The van der Waals surface area contributed by atoms with Gasteiger partial charge in [-0.3, -0.25) is 4.98 Å². The molecule has 1 aromatic heterocycles. The summed E-state index contributed by atoms with van der Waals surface area (Å²) in [6, 6.07) is 5.71. The zero-order chi connectivity index (χ0) is 12.4. The fraction of sp³-hybridized carbons (Fsp3) is 0.0833. The molecule has 2 rings (SSSR count). The van der Waals surface area contributed by atoms with Crippen molar-refractivity contribution in [1.82, 2.24) is 4.98 Å². The van der Waals surface area contributed by atoms with Gasteiger partial charge in [0.2, 0.25) is 0 Å². The number of anilines is 3. The van der Waals surface area contributed by atoms with Gasteiger partial charge in [-0.15, -0.1) is 0 Å². The highest BCUT2D eigenvalue weighted by molar-refractivity contribution is 6.35. The molecule has 5 heteroatoms. The number of pyridine rings is 1. The van der Waals surface area contributed by atoms with Crippen molar-refractivity contribution in [1.29, 1.82) is 0 Å². The molecule has 3 nitrogen and oxygen atoms in total. The molecule has 1 heterocycles. The third-order valence-electron chi connectivity index (χ3n) is 2.31. The lowest BCUT2D eigenvalue weighted by atomic mass is 10.2. The Kier molecular flexibility index (Phi) is 3.41. The minimum atomic E-state index is 0.460. The van der Waals surface area contributed by atoms with Gasteiger partial charge in [0.05, 0.1) is 33.3 Å². The van der Waals surface area contributed by atoms with Gasteiger partial charge in [-0.2, -0.15) is 0 Å². The molecule has 0 saturated heterocycles. The van der Waals surface area contributed by atoms with E-state index in [9.17, 15) is 0 Å². The predicted octanol–water partition coefficient (Wildman–Crippen LogP) is 4.02. The molecule has 1 aromatic carbocycles. The van der Waals surface area contributed by atoms with Crippen molar-refractivity contribution >= 4 is 40.3 Å². The van der Waals surface area contributed by atoms with Crippen molar-refractivity contribution < 1.29 is 0 Å². The van der Waals surface area contributed by atoms with E-state index in [0.29, 0.717) is 21.4 Å². The summed E-state index contributed by atoms with van der Waals surface area (Å²) in [5.41, 5.74) is 8.75. The zero-order valence-electron chi connectivity index (χ0n) is 9.17. The summed E-state index contributed by atoms with van der Waals surface area (Å²) in [4.78, 5) is 3.89. The maximum Gasteiger partial charge on any atom is 0.0845 e. The molecule has 3 N–H and O–H groups in total. The number of halogens is 2. The average molecular weight is 268 g/mol. The molecule has 17 heavy (non-hydrogen) atoms. The minimum absolute atomic E-state index is 0.460. The standard InChI is InChI=1S/C12H11Cl2N3/c1-7-2-3-11(8(13)4-7)17-12-9(14)5-16-6-10(12)15/h2-6H,15H2,1H3,(H,16,17). The van der Waals surface area contributed by atoms with Crippen molar-refractivity contribution in [2.75, 3.05) is 11.1 Å². The van der Waals surface area contributed by atoms with Gasteiger partial charge >= 0.3 is 0 Å². The van der Waals surface area contributed by atoms with Crippen LogP contribution in [0.1, 0.15) is 5.56 Å². The van der Waals surface area contributed by atoms with E-state index in [-0.39, 0.29) is 0 Å². The molecule has 0 aliphatic carbocycles. The highest BCUT2D eigenvalue weighted by atomic mass is 35.5. The summed E-state index contributed by atoms with van der Waals surface area (Å²) in [5, 5.41) is 4.19. The molecule has 0 spiro atoms. The highest BCUT2D eigenvalue weighted by Crippen LogP contribution is 2.33. The van der Waals surface area contributed by atoms with Crippen LogP contribution in [0, 0.1) is 6.92 Å². The van der Waals surface area contributed by atoms with E-state index in [1.807, 2.05) is 25.1 Å². The second-order valence-corrected chi connectivity index (χ2v) is 4.51. The maximum atomic E-state index is 6.12. The molecule has 0 aliphatic heterocycles. The van der Waals surface area contributed by atoms with E-state index < -0.39 is 0 Å². The van der Waals surface area contributed by atoms with Crippen molar-refractivity contribution in [3.63, 3.8) is 0 Å². The molecule has 0 fully saturated rings. The van der Waals surface area contributed by atoms with E-state index in [1.165, 1.54) is 12.4 Å². The van der Waals surface area contributed by atoms with Crippen LogP contribution < -0.4 is 11.1 Å². The second kappa shape index (κ2) is 4.82. The van der Waals surface area contributed by atoms with Crippen molar-refractivity contribution in [2.45, 2.75) is 6.92 Å². The number of hydrogen-bond acceptors (Lipinski definition) is 3. The molecular formula is C12H11Cl2N3. The molecule has 0 amide bonds. The molecule has 0 radical (unpaired) electrons. The number of hydrogen-bond donors (Lipinski definition) is 2.